The monoisotopic (exact) mass is 419 g/mol. The maximum atomic E-state index is 13.2. The van der Waals surface area contributed by atoms with Crippen molar-refractivity contribution in [3.05, 3.63) is 59.0 Å². The molecule has 6 nitrogen and oxygen atoms in total. The first-order chi connectivity index (χ1) is 14.1. The van der Waals surface area contributed by atoms with E-state index in [0.29, 0.717) is 11.6 Å². The van der Waals surface area contributed by atoms with Crippen LogP contribution in [0.4, 0.5) is 10.2 Å². The summed E-state index contributed by atoms with van der Waals surface area (Å²) in [7, 11) is 1.63. The molecule has 2 N–H and O–H groups in total. The number of nitrogens with one attached hydrogen (secondary N) is 2. The highest BCUT2D eigenvalue weighted by molar-refractivity contribution is 6.32. The molecule has 2 unspecified atom stereocenters. The number of nitrogens with zero attached hydrogens (tertiary/aromatic N) is 3. The summed E-state index contributed by atoms with van der Waals surface area (Å²) in [5.74, 6) is 1.28. The third-order valence-corrected chi connectivity index (χ3v) is 5.15. The molecule has 1 aromatic carbocycles. The fraction of sp³-hybridized carbons (Fsp3) is 0.429. The smallest absolute Gasteiger partial charge is 0.191 e. The fourth-order valence-corrected chi connectivity index (χ4v) is 3.60. The van der Waals surface area contributed by atoms with Gasteiger partial charge in [-0.2, -0.15) is 0 Å². The topological polar surface area (TPSA) is 61.8 Å². The molecule has 1 saturated heterocycles. The Morgan fingerprint density at radius 2 is 2.17 bits per heavy atom. The Bertz CT molecular complexity index is 817. The molecule has 1 fully saturated rings. The molecule has 1 aliphatic rings. The van der Waals surface area contributed by atoms with E-state index in [1.165, 1.54) is 12.1 Å². The molecular formula is C21H27ClFN5O. The van der Waals surface area contributed by atoms with Crippen molar-refractivity contribution in [2.24, 2.45) is 4.99 Å². The third-order valence-electron chi connectivity index (χ3n) is 4.85. The van der Waals surface area contributed by atoms with Crippen molar-refractivity contribution in [2.45, 2.75) is 25.5 Å². The van der Waals surface area contributed by atoms with Crippen LogP contribution < -0.4 is 15.5 Å². The molecule has 0 radical (unpaired) electrons. The number of pyridine rings is 1. The summed E-state index contributed by atoms with van der Waals surface area (Å²) in [5.41, 5.74) is 0.894. The Morgan fingerprint density at radius 3 is 2.86 bits per heavy atom. The molecule has 2 heterocycles. The number of benzene rings is 1. The van der Waals surface area contributed by atoms with Gasteiger partial charge in [0.15, 0.2) is 5.96 Å². The normalized spacial score (nSPS) is 18.0. The minimum absolute atomic E-state index is 0.234. The van der Waals surface area contributed by atoms with Crippen molar-refractivity contribution in [3.63, 3.8) is 0 Å². The van der Waals surface area contributed by atoms with Crippen molar-refractivity contribution in [1.82, 2.24) is 15.6 Å². The van der Waals surface area contributed by atoms with Gasteiger partial charge in [0.1, 0.15) is 17.7 Å². The number of rotatable bonds is 7. The number of hydrogen-bond acceptors (Lipinski definition) is 4. The minimum atomic E-state index is -0.263. The van der Waals surface area contributed by atoms with Crippen LogP contribution in [0, 0.1) is 5.82 Å². The van der Waals surface area contributed by atoms with E-state index < -0.39 is 0 Å². The molecule has 2 atom stereocenters. The van der Waals surface area contributed by atoms with Gasteiger partial charge in [-0.15, -0.1) is 0 Å². The van der Waals surface area contributed by atoms with Crippen molar-refractivity contribution < 1.29 is 9.13 Å². The van der Waals surface area contributed by atoms with Gasteiger partial charge < -0.3 is 20.3 Å². The first-order valence-electron chi connectivity index (χ1n) is 9.79. The van der Waals surface area contributed by atoms with Crippen LogP contribution in [0.1, 0.15) is 25.0 Å². The van der Waals surface area contributed by atoms with Gasteiger partial charge >= 0.3 is 0 Å². The summed E-state index contributed by atoms with van der Waals surface area (Å²) in [6.07, 6.45) is 2.48. The molecule has 0 bridgehead atoms. The van der Waals surface area contributed by atoms with E-state index in [2.05, 4.69) is 25.5 Å². The average molecular weight is 420 g/mol. The molecule has 0 spiro atoms. The summed E-state index contributed by atoms with van der Waals surface area (Å²) in [4.78, 5) is 11.3. The summed E-state index contributed by atoms with van der Waals surface area (Å²) >= 11 is 6.28. The maximum absolute atomic E-state index is 13.2. The predicted molar refractivity (Wildman–Crippen MR) is 115 cm³/mol. The SMILES string of the molecule is CCNC(=NCC(OC)c1ccc(F)cc1)NC1CCN(c2ncccc2Cl)C1. The molecule has 29 heavy (non-hydrogen) atoms. The van der Waals surface area contributed by atoms with E-state index in [9.17, 15) is 4.39 Å². The van der Waals surface area contributed by atoms with Gasteiger partial charge in [0, 0.05) is 39.0 Å². The molecule has 0 saturated carbocycles. The second-order valence-electron chi connectivity index (χ2n) is 6.88. The van der Waals surface area contributed by atoms with Gasteiger partial charge in [-0.1, -0.05) is 23.7 Å². The summed E-state index contributed by atoms with van der Waals surface area (Å²) in [6.45, 7) is 4.89. The number of halogens is 2. The van der Waals surface area contributed by atoms with Crippen molar-refractivity contribution in [1.29, 1.82) is 0 Å². The lowest BCUT2D eigenvalue weighted by atomic mass is 10.1. The van der Waals surface area contributed by atoms with Crippen molar-refractivity contribution >= 4 is 23.4 Å². The number of hydrogen-bond donors (Lipinski definition) is 2. The molecule has 156 valence electrons. The second-order valence-corrected chi connectivity index (χ2v) is 7.29. The molecule has 0 aliphatic carbocycles. The van der Waals surface area contributed by atoms with Gasteiger partial charge in [-0.05, 0) is 43.2 Å². The zero-order valence-electron chi connectivity index (χ0n) is 16.7. The van der Waals surface area contributed by atoms with Crippen LogP contribution in [0.5, 0.6) is 0 Å². The molecule has 1 aromatic heterocycles. The van der Waals surface area contributed by atoms with Crippen LogP contribution in [-0.4, -0.2) is 50.3 Å². The van der Waals surface area contributed by atoms with E-state index in [-0.39, 0.29) is 18.0 Å². The Labute approximate surface area is 176 Å². The third kappa shape index (κ3) is 5.81. The lowest BCUT2D eigenvalue weighted by Crippen LogP contribution is -2.45. The molecule has 0 amide bonds. The fourth-order valence-electron chi connectivity index (χ4n) is 3.36. The van der Waals surface area contributed by atoms with Crippen LogP contribution in [0.15, 0.2) is 47.6 Å². The highest BCUT2D eigenvalue weighted by atomic mass is 35.5. The Morgan fingerprint density at radius 1 is 1.38 bits per heavy atom. The first-order valence-corrected chi connectivity index (χ1v) is 10.2. The molecule has 8 heteroatoms. The van der Waals surface area contributed by atoms with Crippen LogP contribution in [0.2, 0.25) is 5.02 Å². The molecule has 3 rings (SSSR count). The summed E-state index contributed by atoms with van der Waals surface area (Å²) in [6, 6.07) is 10.2. The van der Waals surface area contributed by atoms with Crippen LogP contribution in [0.3, 0.4) is 0 Å². The summed E-state index contributed by atoms with van der Waals surface area (Å²) < 4.78 is 18.7. The number of guanidine groups is 1. The highest BCUT2D eigenvalue weighted by Gasteiger charge is 2.25. The Kier molecular flexibility index (Phi) is 7.66. The molecular weight excluding hydrogens is 393 g/mol. The van der Waals surface area contributed by atoms with E-state index in [1.807, 2.05) is 19.1 Å². The molecule has 2 aromatic rings. The predicted octanol–water partition coefficient (Wildman–Crippen LogP) is 3.40. The lowest BCUT2D eigenvalue weighted by Gasteiger charge is -2.21. The van der Waals surface area contributed by atoms with E-state index in [0.717, 1.165) is 43.4 Å². The number of ether oxygens (including phenoxy) is 1. The van der Waals surface area contributed by atoms with Crippen molar-refractivity contribution in [2.75, 3.05) is 38.2 Å². The van der Waals surface area contributed by atoms with Crippen LogP contribution in [0.25, 0.3) is 0 Å². The molecule has 1 aliphatic heterocycles. The van der Waals surface area contributed by atoms with Crippen LogP contribution in [-0.2, 0) is 4.74 Å². The van der Waals surface area contributed by atoms with Gasteiger partial charge in [0.25, 0.3) is 0 Å². The summed E-state index contributed by atoms with van der Waals surface area (Å²) in [5, 5.41) is 7.43. The Balaban J connectivity index is 1.62. The van der Waals surface area contributed by atoms with E-state index >= 15 is 0 Å². The van der Waals surface area contributed by atoms with E-state index in [4.69, 9.17) is 16.3 Å². The first kappa shape index (κ1) is 21.3. The maximum Gasteiger partial charge on any atom is 0.191 e. The number of methoxy groups -OCH3 is 1. The van der Waals surface area contributed by atoms with Gasteiger partial charge in [-0.3, -0.25) is 4.99 Å². The zero-order valence-corrected chi connectivity index (χ0v) is 17.5. The number of anilines is 1. The quantitative estimate of drug-likeness (QED) is 0.532. The largest absolute Gasteiger partial charge is 0.375 e. The Hall–Kier alpha value is -2.38. The second kappa shape index (κ2) is 10.4. The van der Waals surface area contributed by atoms with Gasteiger partial charge in [0.2, 0.25) is 0 Å². The highest BCUT2D eigenvalue weighted by Crippen LogP contribution is 2.25. The van der Waals surface area contributed by atoms with Gasteiger partial charge in [-0.25, -0.2) is 9.37 Å². The van der Waals surface area contributed by atoms with Gasteiger partial charge in [0.05, 0.1) is 11.6 Å². The standard InChI is InChI=1S/C21H27ClFN5O/c1-3-24-21(26-13-19(29-2)15-6-8-16(23)9-7-15)27-17-10-12-28(14-17)20-18(22)5-4-11-25-20/h4-9,11,17,19H,3,10,12-14H2,1-2H3,(H2,24,26,27). The zero-order chi connectivity index (χ0) is 20.6. The van der Waals surface area contributed by atoms with Crippen molar-refractivity contribution in [3.8, 4) is 0 Å². The average Bonchev–Trinajstić information content (AvgIpc) is 3.18. The number of aliphatic imine (C=N–C) groups is 1. The minimum Gasteiger partial charge on any atom is -0.375 e. The lowest BCUT2D eigenvalue weighted by molar-refractivity contribution is 0.111. The van der Waals surface area contributed by atoms with E-state index in [1.54, 1.807) is 25.4 Å². The van der Waals surface area contributed by atoms with Crippen LogP contribution >= 0.6 is 11.6 Å². The number of aromatic nitrogens is 1.